The summed E-state index contributed by atoms with van der Waals surface area (Å²) in [5.74, 6) is 0. The SMILES string of the molecule is CC.CC.CC1=C(C)CN(CC#N)CC1. The number of hydrogen-bond donors (Lipinski definition) is 0. The van der Waals surface area contributed by atoms with Gasteiger partial charge < -0.3 is 0 Å². The van der Waals surface area contributed by atoms with Crippen molar-refractivity contribution in [3.05, 3.63) is 11.1 Å². The molecule has 1 aliphatic rings. The molecule has 0 radical (unpaired) electrons. The molecule has 0 unspecified atom stereocenters. The maximum Gasteiger partial charge on any atom is 0.0868 e. The quantitative estimate of drug-likeness (QED) is 0.488. The molecule has 0 fully saturated rings. The zero-order valence-corrected chi connectivity index (χ0v) is 11.2. The number of nitrogens with zero attached hydrogens (tertiary/aromatic N) is 2. The van der Waals surface area contributed by atoms with Crippen LogP contribution in [-0.2, 0) is 0 Å². The van der Waals surface area contributed by atoms with Crippen LogP contribution in [0.5, 0.6) is 0 Å². The van der Waals surface area contributed by atoms with Gasteiger partial charge in [-0.2, -0.15) is 5.26 Å². The summed E-state index contributed by atoms with van der Waals surface area (Å²) in [5.41, 5.74) is 2.94. The van der Waals surface area contributed by atoms with Gasteiger partial charge in [0.05, 0.1) is 12.6 Å². The van der Waals surface area contributed by atoms with Crippen LogP contribution in [-0.4, -0.2) is 24.5 Å². The molecule has 0 aromatic carbocycles. The minimum atomic E-state index is 0.574. The van der Waals surface area contributed by atoms with Crippen molar-refractivity contribution in [1.29, 1.82) is 5.26 Å². The molecular weight excluding hydrogens is 184 g/mol. The lowest BCUT2D eigenvalue weighted by Crippen LogP contribution is -2.30. The van der Waals surface area contributed by atoms with E-state index in [-0.39, 0.29) is 0 Å². The van der Waals surface area contributed by atoms with E-state index in [2.05, 4.69) is 24.8 Å². The van der Waals surface area contributed by atoms with Crippen LogP contribution in [0.25, 0.3) is 0 Å². The lowest BCUT2D eigenvalue weighted by atomic mass is 10.0. The topological polar surface area (TPSA) is 27.0 Å². The van der Waals surface area contributed by atoms with Crippen LogP contribution >= 0.6 is 0 Å². The normalized spacial score (nSPS) is 15.5. The fourth-order valence-corrected chi connectivity index (χ4v) is 1.32. The van der Waals surface area contributed by atoms with Crippen molar-refractivity contribution >= 4 is 0 Å². The molecule has 0 aromatic rings. The molecule has 15 heavy (non-hydrogen) atoms. The van der Waals surface area contributed by atoms with E-state index in [1.807, 2.05) is 27.7 Å². The van der Waals surface area contributed by atoms with Gasteiger partial charge in [0.1, 0.15) is 0 Å². The van der Waals surface area contributed by atoms with Crippen molar-refractivity contribution in [1.82, 2.24) is 4.90 Å². The van der Waals surface area contributed by atoms with Gasteiger partial charge in [-0.25, -0.2) is 0 Å². The zero-order valence-electron chi connectivity index (χ0n) is 11.2. The molecule has 0 N–H and O–H groups in total. The third kappa shape index (κ3) is 7.16. The highest BCUT2D eigenvalue weighted by Crippen LogP contribution is 2.15. The second-order valence-corrected chi connectivity index (χ2v) is 3.18. The Hall–Kier alpha value is -0.810. The summed E-state index contributed by atoms with van der Waals surface area (Å²) >= 11 is 0. The number of rotatable bonds is 1. The van der Waals surface area contributed by atoms with E-state index in [1.54, 1.807) is 0 Å². The van der Waals surface area contributed by atoms with Crippen LogP contribution in [0.1, 0.15) is 48.0 Å². The van der Waals surface area contributed by atoms with Crippen LogP contribution in [0.4, 0.5) is 0 Å². The maximum absolute atomic E-state index is 8.46. The molecule has 0 aliphatic carbocycles. The Labute approximate surface area is 95.6 Å². The predicted molar refractivity (Wildman–Crippen MR) is 67.7 cm³/mol. The van der Waals surface area contributed by atoms with Crippen molar-refractivity contribution in [2.24, 2.45) is 0 Å². The molecule has 0 aromatic heterocycles. The van der Waals surface area contributed by atoms with Crippen LogP contribution in [0.3, 0.4) is 0 Å². The van der Waals surface area contributed by atoms with Crippen LogP contribution in [0, 0.1) is 11.3 Å². The van der Waals surface area contributed by atoms with Crippen molar-refractivity contribution in [3.63, 3.8) is 0 Å². The Bertz CT molecular complexity index is 211. The summed E-state index contributed by atoms with van der Waals surface area (Å²) in [5, 5.41) is 8.46. The third-order valence-electron chi connectivity index (χ3n) is 2.29. The molecule has 1 heterocycles. The maximum atomic E-state index is 8.46. The molecule has 2 nitrogen and oxygen atoms in total. The Morgan fingerprint density at radius 1 is 1.13 bits per heavy atom. The Kier molecular flexibility index (Phi) is 12.5. The van der Waals surface area contributed by atoms with E-state index < -0.39 is 0 Å². The summed E-state index contributed by atoms with van der Waals surface area (Å²) in [7, 11) is 0. The van der Waals surface area contributed by atoms with Gasteiger partial charge in [-0.15, -0.1) is 0 Å². The molecule has 0 atom stereocenters. The second-order valence-electron chi connectivity index (χ2n) is 3.18. The Morgan fingerprint density at radius 3 is 2.07 bits per heavy atom. The average molecular weight is 210 g/mol. The smallest absolute Gasteiger partial charge is 0.0868 e. The van der Waals surface area contributed by atoms with Crippen LogP contribution in [0.2, 0.25) is 0 Å². The molecular formula is C13H26N2. The van der Waals surface area contributed by atoms with Crippen LogP contribution in [0.15, 0.2) is 11.1 Å². The molecule has 0 spiro atoms. The molecule has 0 amide bonds. The molecule has 1 aliphatic heterocycles. The summed E-state index contributed by atoms with van der Waals surface area (Å²) in [6.45, 7) is 14.9. The first-order chi connectivity index (χ1) is 7.24. The minimum Gasteiger partial charge on any atom is -0.286 e. The summed E-state index contributed by atoms with van der Waals surface area (Å²) in [4.78, 5) is 2.18. The zero-order chi connectivity index (χ0) is 12.3. The Morgan fingerprint density at radius 2 is 1.67 bits per heavy atom. The monoisotopic (exact) mass is 210 g/mol. The van der Waals surface area contributed by atoms with E-state index in [4.69, 9.17) is 5.26 Å². The fourth-order valence-electron chi connectivity index (χ4n) is 1.32. The number of hydrogen-bond acceptors (Lipinski definition) is 2. The standard InChI is InChI=1S/C9H14N2.2C2H6/c1-8-3-5-11(6-4-10)7-9(8)2;2*1-2/h3,5-7H2,1-2H3;2*1-2H3. The van der Waals surface area contributed by atoms with Gasteiger partial charge in [-0.1, -0.05) is 38.8 Å². The van der Waals surface area contributed by atoms with E-state index in [0.29, 0.717) is 6.54 Å². The van der Waals surface area contributed by atoms with E-state index >= 15 is 0 Å². The van der Waals surface area contributed by atoms with Crippen molar-refractivity contribution in [2.75, 3.05) is 19.6 Å². The third-order valence-corrected chi connectivity index (χ3v) is 2.29. The van der Waals surface area contributed by atoms with Gasteiger partial charge in [-0.3, -0.25) is 4.90 Å². The molecule has 0 bridgehead atoms. The van der Waals surface area contributed by atoms with Gasteiger partial charge in [0, 0.05) is 13.1 Å². The first-order valence-corrected chi connectivity index (χ1v) is 5.98. The highest BCUT2D eigenvalue weighted by molar-refractivity contribution is 5.15. The van der Waals surface area contributed by atoms with E-state index in [0.717, 1.165) is 19.5 Å². The van der Waals surface area contributed by atoms with Gasteiger partial charge in [-0.05, 0) is 20.3 Å². The van der Waals surface area contributed by atoms with Gasteiger partial charge in [0.15, 0.2) is 0 Å². The number of nitriles is 1. The van der Waals surface area contributed by atoms with Gasteiger partial charge in [0.25, 0.3) is 0 Å². The van der Waals surface area contributed by atoms with Crippen molar-refractivity contribution < 1.29 is 0 Å². The highest BCUT2D eigenvalue weighted by Gasteiger charge is 2.12. The lowest BCUT2D eigenvalue weighted by Gasteiger charge is -2.25. The van der Waals surface area contributed by atoms with Gasteiger partial charge >= 0.3 is 0 Å². The average Bonchev–Trinajstić information content (AvgIpc) is 2.30. The fraction of sp³-hybridized carbons (Fsp3) is 0.769. The lowest BCUT2D eigenvalue weighted by molar-refractivity contribution is 0.318. The van der Waals surface area contributed by atoms with Crippen molar-refractivity contribution in [2.45, 2.75) is 48.0 Å². The largest absolute Gasteiger partial charge is 0.286 e. The summed E-state index contributed by atoms with van der Waals surface area (Å²) in [6, 6.07) is 2.18. The molecule has 0 saturated carbocycles. The predicted octanol–water partition coefficient (Wildman–Crippen LogP) is 3.60. The first kappa shape index (κ1) is 16.6. The van der Waals surface area contributed by atoms with E-state index in [1.165, 1.54) is 11.1 Å². The summed E-state index contributed by atoms with van der Waals surface area (Å²) < 4.78 is 0. The second kappa shape index (κ2) is 11.3. The van der Waals surface area contributed by atoms with Crippen LogP contribution < -0.4 is 0 Å². The van der Waals surface area contributed by atoms with Crippen molar-refractivity contribution in [3.8, 4) is 6.07 Å². The molecule has 0 saturated heterocycles. The summed E-state index contributed by atoms with van der Waals surface area (Å²) in [6.07, 6.45) is 1.13. The highest BCUT2D eigenvalue weighted by atomic mass is 15.1. The minimum absolute atomic E-state index is 0.574. The Balaban J connectivity index is 0. The van der Waals surface area contributed by atoms with E-state index in [9.17, 15) is 0 Å². The molecule has 1 rings (SSSR count). The molecule has 2 heteroatoms. The van der Waals surface area contributed by atoms with Gasteiger partial charge in [0.2, 0.25) is 0 Å². The molecule has 88 valence electrons. The first-order valence-electron chi connectivity index (χ1n) is 5.98.